The second-order valence-corrected chi connectivity index (χ2v) is 4.10. The second-order valence-electron chi connectivity index (χ2n) is 3.69. The van der Waals surface area contributed by atoms with Crippen LogP contribution < -0.4 is 5.32 Å². The standard InChI is InChI=1S/C13H10ClN3O3/c1-2-5-17(8-12(18)19)13(20)16-11-4-3-9(7-15)6-10(11)14/h1,3-4,6H,5,8H2,(H,16,20)(H,18,19). The van der Waals surface area contributed by atoms with E-state index >= 15 is 0 Å². The minimum absolute atomic E-state index is 0.147. The molecule has 0 atom stereocenters. The molecular weight excluding hydrogens is 282 g/mol. The molecule has 0 saturated carbocycles. The van der Waals surface area contributed by atoms with Gasteiger partial charge in [-0.2, -0.15) is 5.26 Å². The molecule has 20 heavy (non-hydrogen) atoms. The van der Waals surface area contributed by atoms with Crippen LogP contribution in [0.4, 0.5) is 10.5 Å². The first-order chi connectivity index (χ1) is 9.47. The Morgan fingerprint density at radius 2 is 2.20 bits per heavy atom. The minimum atomic E-state index is -1.18. The third-order valence-corrected chi connectivity index (χ3v) is 2.55. The van der Waals surface area contributed by atoms with Gasteiger partial charge in [0.1, 0.15) is 6.54 Å². The zero-order chi connectivity index (χ0) is 15.1. The fraction of sp³-hybridized carbons (Fsp3) is 0.154. The predicted octanol–water partition coefficient (Wildman–Crippen LogP) is 1.76. The van der Waals surface area contributed by atoms with Crippen molar-refractivity contribution < 1.29 is 14.7 Å². The van der Waals surface area contributed by atoms with Crippen molar-refractivity contribution in [1.82, 2.24) is 4.90 Å². The highest BCUT2D eigenvalue weighted by Gasteiger charge is 2.16. The van der Waals surface area contributed by atoms with Gasteiger partial charge in [0.2, 0.25) is 0 Å². The van der Waals surface area contributed by atoms with Gasteiger partial charge in [0.25, 0.3) is 0 Å². The van der Waals surface area contributed by atoms with Crippen LogP contribution in [-0.4, -0.2) is 35.1 Å². The SMILES string of the molecule is C#CCN(CC(=O)O)C(=O)Nc1ccc(C#N)cc1Cl. The van der Waals surface area contributed by atoms with E-state index in [2.05, 4.69) is 11.2 Å². The number of carbonyl (C=O) groups is 2. The lowest BCUT2D eigenvalue weighted by Gasteiger charge is -2.19. The number of nitrogens with zero attached hydrogens (tertiary/aromatic N) is 2. The number of carboxylic acid groups (broad SMARTS) is 1. The van der Waals surface area contributed by atoms with E-state index in [9.17, 15) is 9.59 Å². The zero-order valence-corrected chi connectivity index (χ0v) is 11.0. The van der Waals surface area contributed by atoms with Crippen LogP contribution >= 0.6 is 11.6 Å². The van der Waals surface area contributed by atoms with Gasteiger partial charge in [-0.1, -0.05) is 17.5 Å². The normalized spacial score (nSPS) is 9.15. The number of terminal acetylenes is 1. The molecule has 7 heteroatoms. The van der Waals surface area contributed by atoms with Crippen molar-refractivity contribution in [1.29, 1.82) is 5.26 Å². The van der Waals surface area contributed by atoms with Gasteiger partial charge in [0.15, 0.2) is 0 Å². The molecule has 6 nitrogen and oxygen atoms in total. The van der Waals surface area contributed by atoms with Gasteiger partial charge >= 0.3 is 12.0 Å². The highest BCUT2D eigenvalue weighted by molar-refractivity contribution is 6.33. The summed E-state index contributed by atoms with van der Waals surface area (Å²) in [5.74, 6) is 1.02. The summed E-state index contributed by atoms with van der Waals surface area (Å²) in [6.07, 6.45) is 5.08. The molecule has 0 heterocycles. The number of halogens is 1. The third kappa shape index (κ3) is 4.20. The lowest BCUT2D eigenvalue weighted by Crippen LogP contribution is -2.39. The maximum atomic E-state index is 11.9. The minimum Gasteiger partial charge on any atom is -0.480 e. The molecule has 1 rings (SSSR count). The Balaban J connectivity index is 2.86. The first-order valence-corrected chi connectivity index (χ1v) is 5.76. The van der Waals surface area contributed by atoms with Crippen molar-refractivity contribution >= 4 is 29.3 Å². The summed E-state index contributed by atoms with van der Waals surface area (Å²) in [5, 5.41) is 20.0. The number of rotatable bonds is 4. The van der Waals surface area contributed by atoms with Crippen LogP contribution in [0.25, 0.3) is 0 Å². The van der Waals surface area contributed by atoms with E-state index in [1.165, 1.54) is 18.2 Å². The number of nitriles is 1. The average molecular weight is 292 g/mol. The molecule has 0 aliphatic heterocycles. The lowest BCUT2D eigenvalue weighted by molar-refractivity contribution is -0.137. The van der Waals surface area contributed by atoms with E-state index in [-0.39, 0.29) is 17.3 Å². The largest absolute Gasteiger partial charge is 0.480 e. The van der Waals surface area contributed by atoms with Gasteiger partial charge in [-0.25, -0.2) is 4.79 Å². The highest BCUT2D eigenvalue weighted by atomic mass is 35.5. The zero-order valence-electron chi connectivity index (χ0n) is 10.3. The van der Waals surface area contributed by atoms with Gasteiger partial charge in [-0.05, 0) is 18.2 Å². The molecule has 2 N–H and O–H groups in total. The van der Waals surface area contributed by atoms with E-state index in [1.54, 1.807) is 0 Å². The molecule has 0 aliphatic rings. The molecule has 0 fully saturated rings. The second kappa shape index (κ2) is 7.03. The summed E-state index contributed by atoms with van der Waals surface area (Å²) in [5.41, 5.74) is 0.613. The Bertz CT molecular complexity index is 616. The van der Waals surface area contributed by atoms with Crippen LogP contribution in [0, 0.1) is 23.7 Å². The molecule has 0 radical (unpaired) electrons. The molecule has 0 bridgehead atoms. The van der Waals surface area contributed by atoms with Crippen molar-refractivity contribution in [2.24, 2.45) is 0 Å². The fourth-order valence-electron chi connectivity index (χ4n) is 1.35. The summed E-state index contributed by atoms with van der Waals surface area (Å²) in [6.45, 7) is -0.671. The number of hydrogen-bond donors (Lipinski definition) is 2. The van der Waals surface area contributed by atoms with Gasteiger partial charge in [0.05, 0.1) is 28.9 Å². The monoisotopic (exact) mass is 291 g/mol. The van der Waals surface area contributed by atoms with E-state index in [0.717, 1.165) is 4.90 Å². The number of amides is 2. The van der Waals surface area contributed by atoms with Crippen molar-refractivity contribution in [2.75, 3.05) is 18.4 Å². The molecule has 0 saturated heterocycles. The van der Waals surface area contributed by atoms with Crippen LogP contribution in [0.15, 0.2) is 18.2 Å². The van der Waals surface area contributed by atoms with Crippen molar-refractivity contribution in [3.63, 3.8) is 0 Å². The Hall–Kier alpha value is -2.70. The predicted molar refractivity (Wildman–Crippen MR) is 73.2 cm³/mol. The van der Waals surface area contributed by atoms with Crippen molar-refractivity contribution in [3.8, 4) is 18.4 Å². The Morgan fingerprint density at radius 1 is 1.50 bits per heavy atom. The number of carbonyl (C=O) groups excluding carboxylic acids is 1. The third-order valence-electron chi connectivity index (χ3n) is 2.24. The summed E-state index contributed by atoms with van der Waals surface area (Å²) in [7, 11) is 0. The van der Waals surface area contributed by atoms with Crippen LogP contribution in [-0.2, 0) is 4.79 Å². The molecule has 1 aromatic carbocycles. The van der Waals surface area contributed by atoms with E-state index < -0.39 is 18.5 Å². The lowest BCUT2D eigenvalue weighted by atomic mass is 10.2. The Labute approximate surface area is 120 Å². The first-order valence-electron chi connectivity index (χ1n) is 5.38. The van der Waals surface area contributed by atoms with Crippen LogP contribution in [0.5, 0.6) is 0 Å². The maximum absolute atomic E-state index is 11.9. The topological polar surface area (TPSA) is 93.4 Å². The highest BCUT2D eigenvalue weighted by Crippen LogP contribution is 2.23. The van der Waals surface area contributed by atoms with E-state index in [1.807, 2.05) is 6.07 Å². The number of benzene rings is 1. The van der Waals surface area contributed by atoms with Gasteiger partial charge in [0, 0.05) is 0 Å². The summed E-state index contributed by atoms with van der Waals surface area (Å²) >= 11 is 5.90. The molecule has 1 aromatic rings. The van der Waals surface area contributed by atoms with E-state index in [0.29, 0.717) is 5.56 Å². The number of urea groups is 1. The molecule has 0 aromatic heterocycles. The number of aliphatic carboxylic acids is 1. The van der Waals surface area contributed by atoms with Gasteiger partial charge in [-0.15, -0.1) is 6.42 Å². The molecule has 0 spiro atoms. The van der Waals surface area contributed by atoms with Gasteiger partial charge in [-0.3, -0.25) is 4.79 Å². The summed E-state index contributed by atoms with van der Waals surface area (Å²) < 4.78 is 0. The first kappa shape index (κ1) is 15.4. The molecule has 102 valence electrons. The quantitative estimate of drug-likeness (QED) is 0.827. The number of hydrogen-bond acceptors (Lipinski definition) is 3. The number of carboxylic acids is 1. The van der Waals surface area contributed by atoms with Crippen LogP contribution in [0.1, 0.15) is 5.56 Å². The summed E-state index contributed by atoms with van der Waals surface area (Å²) in [4.78, 5) is 23.5. The van der Waals surface area contributed by atoms with Gasteiger partial charge < -0.3 is 15.3 Å². The molecular formula is C13H10ClN3O3. The van der Waals surface area contributed by atoms with Crippen molar-refractivity contribution in [3.05, 3.63) is 28.8 Å². The smallest absolute Gasteiger partial charge is 0.323 e. The van der Waals surface area contributed by atoms with Crippen LogP contribution in [0.2, 0.25) is 5.02 Å². The maximum Gasteiger partial charge on any atom is 0.323 e. The summed E-state index contributed by atoms with van der Waals surface area (Å²) in [6, 6.07) is 5.54. The van der Waals surface area contributed by atoms with Crippen LogP contribution in [0.3, 0.4) is 0 Å². The fourth-order valence-corrected chi connectivity index (χ4v) is 1.58. The van der Waals surface area contributed by atoms with Crippen molar-refractivity contribution in [2.45, 2.75) is 0 Å². The molecule has 0 aliphatic carbocycles. The molecule has 0 unspecified atom stereocenters. The Kier molecular flexibility index (Phi) is 5.40. The Morgan fingerprint density at radius 3 is 2.70 bits per heavy atom. The van der Waals surface area contributed by atoms with E-state index in [4.69, 9.17) is 28.4 Å². The number of nitrogens with one attached hydrogen (secondary N) is 1. The number of anilines is 1. The average Bonchev–Trinajstić information content (AvgIpc) is 2.40. The molecule has 2 amide bonds.